The van der Waals surface area contributed by atoms with E-state index in [4.69, 9.17) is 6.57 Å². The van der Waals surface area contributed by atoms with Gasteiger partial charge in [-0.2, -0.15) is 23.3 Å². The summed E-state index contributed by atoms with van der Waals surface area (Å²) in [5.74, 6) is -0.722. The number of halogens is 3. The molecule has 4 rings (SSSR count). The van der Waals surface area contributed by atoms with Gasteiger partial charge >= 0.3 is 12.1 Å². The van der Waals surface area contributed by atoms with Gasteiger partial charge in [-0.25, -0.2) is 9.83 Å². The Bertz CT molecular complexity index is 1200. The van der Waals surface area contributed by atoms with Crippen LogP contribution in [0.25, 0.3) is 15.5 Å². The Morgan fingerprint density at radius 3 is 2.73 bits per heavy atom. The van der Waals surface area contributed by atoms with E-state index in [2.05, 4.69) is 39.7 Å². The molecule has 0 amide bonds. The highest BCUT2D eigenvalue weighted by atomic mass is 32.1. The van der Waals surface area contributed by atoms with Crippen LogP contribution in [-0.2, 0) is 12.7 Å². The molecule has 0 atom stereocenters. The molecule has 0 aliphatic rings. The Kier molecular flexibility index (Phi) is 5.07. The van der Waals surface area contributed by atoms with Gasteiger partial charge in [-0.3, -0.25) is 4.98 Å². The van der Waals surface area contributed by atoms with Gasteiger partial charge in [-0.05, 0) is 18.2 Å². The van der Waals surface area contributed by atoms with Gasteiger partial charge in [0.15, 0.2) is 5.82 Å². The third-order valence-electron chi connectivity index (χ3n) is 3.72. The van der Waals surface area contributed by atoms with Crippen molar-refractivity contribution in [2.75, 3.05) is 4.90 Å². The minimum absolute atomic E-state index is 0.153. The molecule has 0 unspecified atom stereocenters. The molecule has 9 nitrogen and oxygen atoms in total. The first-order valence-corrected chi connectivity index (χ1v) is 8.99. The van der Waals surface area contributed by atoms with Crippen molar-refractivity contribution in [3.8, 4) is 10.7 Å². The number of alkyl halides is 3. The van der Waals surface area contributed by atoms with E-state index in [9.17, 15) is 13.2 Å². The molecule has 13 heteroatoms. The van der Waals surface area contributed by atoms with Crippen molar-refractivity contribution < 1.29 is 17.7 Å². The summed E-state index contributed by atoms with van der Waals surface area (Å²) in [4.78, 5) is 17.9. The summed E-state index contributed by atoms with van der Waals surface area (Å²) in [6, 6.07) is 4.87. The molecule has 0 fully saturated rings. The van der Waals surface area contributed by atoms with Crippen molar-refractivity contribution in [3.63, 3.8) is 0 Å². The molecule has 0 radical (unpaired) electrons. The quantitative estimate of drug-likeness (QED) is 0.433. The van der Waals surface area contributed by atoms with Crippen LogP contribution in [0.3, 0.4) is 0 Å². The van der Waals surface area contributed by atoms with Gasteiger partial charge in [-0.15, -0.1) is 16.4 Å². The molecule has 0 saturated heterocycles. The lowest BCUT2D eigenvalue weighted by molar-refractivity contribution is -0.159. The largest absolute Gasteiger partial charge is 0.471 e. The minimum Gasteiger partial charge on any atom is -0.329 e. The van der Waals surface area contributed by atoms with Gasteiger partial charge in [0.2, 0.25) is 11.5 Å². The standard InChI is InChI=1S/C17H9F3N8OS/c1-21-10-6-13(26-24-7-10)28(14-8-22-4-5-23-14)9-11-2-3-12(30-11)15-25-16(29-27-15)17(18,19)20/h2-8H,9H2. The van der Waals surface area contributed by atoms with Crippen molar-refractivity contribution in [3.05, 3.63) is 65.2 Å². The van der Waals surface area contributed by atoms with E-state index in [0.29, 0.717) is 22.2 Å². The molecule has 0 N–H and O–H groups in total. The molecule has 0 aromatic carbocycles. The highest BCUT2D eigenvalue weighted by molar-refractivity contribution is 7.15. The second kappa shape index (κ2) is 7.84. The van der Waals surface area contributed by atoms with Crippen LogP contribution < -0.4 is 4.90 Å². The molecule has 0 spiro atoms. The zero-order valence-electron chi connectivity index (χ0n) is 14.8. The van der Waals surface area contributed by atoms with Gasteiger partial charge < -0.3 is 9.42 Å². The maximum Gasteiger partial charge on any atom is 0.471 e. The first-order valence-electron chi connectivity index (χ1n) is 8.18. The van der Waals surface area contributed by atoms with Crippen LogP contribution in [0.4, 0.5) is 30.5 Å². The van der Waals surface area contributed by atoms with E-state index in [1.54, 1.807) is 23.1 Å². The van der Waals surface area contributed by atoms with Gasteiger partial charge in [0.05, 0.1) is 30.4 Å². The van der Waals surface area contributed by atoms with Crippen LogP contribution >= 0.6 is 11.3 Å². The van der Waals surface area contributed by atoms with Crippen molar-refractivity contribution >= 4 is 28.7 Å². The highest BCUT2D eigenvalue weighted by Crippen LogP contribution is 2.33. The Morgan fingerprint density at radius 1 is 1.17 bits per heavy atom. The lowest BCUT2D eigenvalue weighted by atomic mass is 10.3. The summed E-state index contributed by atoms with van der Waals surface area (Å²) in [6.07, 6.45) is 1.17. The SMILES string of the molecule is [C-]#[N+]c1cnnc(N(Cc2ccc(-c3noc(C(F)(F)F)n3)s2)c2cnccn2)c1. The minimum atomic E-state index is -4.71. The van der Waals surface area contributed by atoms with Crippen molar-refractivity contribution in [2.45, 2.75) is 12.7 Å². The average Bonchev–Trinajstić information content (AvgIpc) is 3.42. The highest BCUT2D eigenvalue weighted by Gasteiger charge is 2.38. The summed E-state index contributed by atoms with van der Waals surface area (Å²) in [6.45, 7) is 7.41. The number of hydrogen-bond acceptors (Lipinski definition) is 9. The van der Waals surface area contributed by atoms with Crippen LogP contribution in [0.2, 0.25) is 0 Å². The molecular formula is C17H9F3N8OS. The molecule has 0 aliphatic heterocycles. The molecule has 30 heavy (non-hydrogen) atoms. The molecular weight excluding hydrogens is 421 g/mol. The van der Waals surface area contributed by atoms with Crippen molar-refractivity contribution in [1.82, 2.24) is 30.3 Å². The van der Waals surface area contributed by atoms with Crippen LogP contribution in [0.5, 0.6) is 0 Å². The fourth-order valence-corrected chi connectivity index (χ4v) is 3.35. The number of aromatic nitrogens is 6. The number of anilines is 2. The molecule has 0 bridgehead atoms. The lowest BCUT2D eigenvalue weighted by Crippen LogP contribution is -2.18. The van der Waals surface area contributed by atoms with E-state index < -0.39 is 12.1 Å². The number of thiophene rings is 1. The van der Waals surface area contributed by atoms with E-state index in [1.807, 2.05) is 0 Å². The third kappa shape index (κ3) is 4.08. The number of nitrogens with zero attached hydrogens (tertiary/aromatic N) is 8. The third-order valence-corrected chi connectivity index (χ3v) is 4.79. The van der Waals surface area contributed by atoms with E-state index in [-0.39, 0.29) is 12.4 Å². The van der Waals surface area contributed by atoms with Crippen molar-refractivity contribution in [1.29, 1.82) is 0 Å². The van der Waals surface area contributed by atoms with Crippen molar-refractivity contribution in [2.24, 2.45) is 0 Å². The second-order valence-corrected chi connectivity index (χ2v) is 6.89. The van der Waals surface area contributed by atoms with E-state index >= 15 is 0 Å². The Morgan fingerprint density at radius 2 is 2.03 bits per heavy atom. The van der Waals surface area contributed by atoms with Gasteiger partial charge in [-0.1, -0.05) is 5.16 Å². The number of hydrogen-bond donors (Lipinski definition) is 0. The fraction of sp³-hybridized carbons (Fsp3) is 0.118. The summed E-state index contributed by atoms with van der Waals surface area (Å²) >= 11 is 1.19. The Balaban J connectivity index is 1.64. The van der Waals surface area contributed by atoms with Gasteiger partial charge in [0, 0.05) is 17.3 Å². The molecule has 150 valence electrons. The van der Waals surface area contributed by atoms with Crippen LogP contribution in [0, 0.1) is 6.57 Å². The normalized spacial score (nSPS) is 11.3. The predicted octanol–water partition coefficient (Wildman–Crippen LogP) is 4.29. The van der Waals surface area contributed by atoms with E-state index in [1.165, 1.54) is 36.1 Å². The smallest absolute Gasteiger partial charge is 0.329 e. The van der Waals surface area contributed by atoms with Crippen LogP contribution in [0.1, 0.15) is 10.8 Å². The molecule has 0 saturated carbocycles. The number of rotatable bonds is 5. The fourth-order valence-electron chi connectivity index (χ4n) is 2.43. The Labute approximate surface area is 170 Å². The lowest BCUT2D eigenvalue weighted by Gasteiger charge is -2.21. The van der Waals surface area contributed by atoms with Crippen LogP contribution in [-0.4, -0.2) is 30.3 Å². The maximum atomic E-state index is 12.7. The summed E-state index contributed by atoms with van der Waals surface area (Å²) in [5.41, 5.74) is 0.298. The topological polar surface area (TPSA) is 98.1 Å². The molecule has 4 heterocycles. The first kappa shape index (κ1) is 19.4. The molecule has 4 aromatic heterocycles. The van der Waals surface area contributed by atoms with Crippen LogP contribution in [0.15, 0.2) is 47.5 Å². The molecule has 0 aliphatic carbocycles. The zero-order chi connectivity index (χ0) is 21.1. The zero-order valence-corrected chi connectivity index (χ0v) is 15.6. The summed E-state index contributed by atoms with van der Waals surface area (Å²) in [7, 11) is 0. The van der Waals surface area contributed by atoms with Gasteiger partial charge in [0.25, 0.3) is 0 Å². The Hall–Kier alpha value is -3.92. The summed E-state index contributed by atoms with van der Waals surface area (Å²) < 4.78 is 42.3. The monoisotopic (exact) mass is 430 g/mol. The summed E-state index contributed by atoms with van der Waals surface area (Å²) in [5, 5.41) is 11.3. The first-order chi connectivity index (χ1) is 14.4. The molecule has 4 aromatic rings. The average molecular weight is 430 g/mol. The maximum absolute atomic E-state index is 12.7. The predicted molar refractivity (Wildman–Crippen MR) is 98.8 cm³/mol. The van der Waals surface area contributed by atoms with Gasteiger partial charge in [0.1, 0.15) is 5.82 Å². The second-order valence-electron chi connectivity index (χ2n) is 5.72. The van der Waals surface area contributed by atoms with E-state index in [0.717, 1.165) is 4.88 Å².